The summed E-state index contributed by atoms with van der Waals surface area (Å²) in [6.45, 7) is 3.38. The van der Waals surface area contributed by atoms with Crippen molar-refractivity contribution in [3.05, 3.63) is 28.2 Å². The molecular weight excluding hydrogens is 260 g/mol. The fourth-order valence-electron chi connectivity index (χ4n) is 0.926. The second kappa shape index (κ2) is 4.93. The molecule has 0 aliphatic heterocycles. The van der Waals surface area contributed by atoms with E-state index in [1.165, 1.54) is 6.92 Å². The first kappa shape index (κ1) is 11.7. The molecule has 0 heterocycles. The molecule has 1 rings (SSSR count). The summed E-state index contributed by atoms with van der Waals surface area (Å²) in [5.41, 5.74) is 4.52. The van der Waals surface area contributed by atoms with E-state index in [2.05, 4.69) is 26.5 Å². The average Bonchev–Trinajstić information content (AvgIpc) is 2.19. The predicted octanol–water partition coefficient (Wildman–Crippen LogP) is 2.63. The summed E-state index contributed by atoms with van der Waals surface area (Å²) >= 11 is 3.39. The lowest BCUT2D eigenvalue weighted by molar-refractivity contribution is -0.129. The first-order chi connectivity index (χ1) is 7.02. The summed E-state index contributed by atoms with van der Waals surface area (Å²) in [6, 6.07) is 5.63. The number of nitrogens with zero attached hydrogens (tertiary/aromatic N) is 1. The van der Waals surface area contributed by atoms with Crippen LogP contribution in [0.4, 0.5) is 5.69 Å². The van der Waals surface area contributed by atoms with Crippen molar-refractivity contribution in [3.8, 4) is 0 Å². The first-order valence-electron chi connectivity index (χ1n) is 4.31. The van der Waals surface area contributed by atoms with Crippen LogP contribution in [0, 0.1) is 6.92 Å². The summed E-state index contributed by atoms with van der Waals surface area (Å²) < 4.78 is 0.881. The molecular formula is C10H11BrN2O2. The summed E-state index contributed by atoms with van der Waals surface area (Å²) in [6.07, 6.45) is 0. The van der Waals surface area contributed by atoms with Crippen molar-refractivity contribution in [1.29, 1.82) is 0 Å². The highest BCUT2D eigenvalue weighted by atomic mass is 79.9. The van der Waals surface area contributed by atoms with Gasteiger partial charge in [-0.3, -0.25) is 5.43 Å². The third-order valence-corrected chi connectivity index (χ3v) is 2.90. The monoisotopic (exact) mass is 270 g/mol. The van der Waals surface area contributed by atoms with Crippen LogP contribution in [0.25, 0.3) is 0 Å². The maximum absolute atomic E-state index is 10.5. The zero-order valence-electron chi connectivity index (χ0n) is 8.41. The van der Waals surface area contributed by atoms with E-state index in [0.29, 0.717) is 0 Å². The molecule has 0 aliphatic carbocycles. The Bertz CT molecular complexity index is 416. The number of nitrogens with one attached hydrogen (secondary N) is 1. The lowest BCUT2D eigenvalue weighted by atomic mass is 10.2. The van der Waals surface area contributed by atoms with Crippen molar-refractivity contribution in [2.45, 2.75) is 13.8 Å². The van der Waals surface area contributed by atoms with E-state index in [0.717, 1.165) is 15.7 Å². The average molecular weight is 271 g/mol. The summed E-state index contributed by atoms with van der Waals surface area (Å²) in [7, 11) is 0. The molecule has 5 heteroatoms. The molecule has 0 unspecified atom stereocenters. The number of hydrogen-bond acceptors (Lipinski definition) is 3. The van der Waals surface area contributed by atoms with E-state index in [1.54, 1.807) is 0 Å². The number of hydrazone groups is 1. The number of halogens is 1. The van der Waals surface area contributed by atoms with Gasteiger partial charge in [0, 0.05) is 4.47 Å². The highest BCUT2D eigenvalue weighted by molar-refractivity contribution is 9.10. The van der Waals surface area contributed by atoms with Crippen LogP contribution in [-0.2, 0) is 4.79 Å². The van der Waals surface area contributed by atoms with E-state index >= 15 is 0 Å². The summed E-state index contributed by atoms with van der Waals surface area (Å²) in [5, 5.41) is 12.3. The second-order valence-electron chi connectivity index (χ2n) is 3.05. The van der Waals surface area contributed by atoms with Gasteiger partial charge in [-0.05, 0) is 41.4 Å². The number of hydrogen-bond donors (Lipinski definition) is 2. The minimum atomic E-state index is -1.04. The van der Waals surface area contributed by atoms with Gasteiger partial charge in [-0.15, -0.1) is 0 Å². The van der Waals surface area contributed by atoms with Gasteiger partial charge in [-0.2, -0.15) is 5.10 Å². The van der Waals surface area contributed by atoms with Crippen molar-refractivity contribution in [2.24, 2.45) is 5.10 Å². The Balaban J connectivity index is 2.87. The van der Waals surface area contributed by atoms with Gasteiger partial charge in [0.25, 0.3) is 0 Å². The Morgan fingerprint density at radius 1 is 1.53 bits per heavy atom. The summed E-state index contributed by atoms with van der Waals surface area (Å²) in [4.78, 5) is 10.5. The van der Waals surface area contributed by atoms with Crippen LogP contribution >= 0.6 is 15.9 Å². The molecule has 1 aromatic rings. The molecule has 0 aromatic heterocycles. The van der Waals surface area contributed by atoms with Gasteiger partial charge in [0.1, 0.15) is 5.71 Å². The number of carboxylic acids is 1. The first-order valence-corrected chi connectivity index (χ1v) is 5.10. The van der Waals surface area contributed by atoms with Crippen LogP contribution in [0.5, 0.6) is 0 Å². The van der Waals surface area contributed by atoms with E-state index in [9.17, 15) is 4.79 Å². The fraction of sp³-hybridized carbons (Fsp3) is 0.200. The minimum Gasteiger partial charge on any atom is -0.477 e. The zero-order chi connectivity index (χ0) is 11.4. The van der Waals surface area contributed by atoms with E-state index in [4.69, 9.17) is 5.11 Å². The van der Waals surface area contributed by atoms with Crippen LogP contribution in [0.3, 0.4) is 0 Å². The van der Waals surface area contributed by atoms with E-state index in [1.807, 2.05) is 25.1 Å². The molecule has 0 saturated carbocycles. The molecule has 0 radical (unpaired) electrons. The number of aryl methyl sites for hydroxylation is 1. The van der Waals surface area contributed by atoms with Gasteiger partial charge < -0.3 is 5.11 Å². The maximum atomic E-state index is 10.5. The summed E-state index contributed by atoms with van der Waals surface area (Å²) in [5.74, 6) is -1.04. The lowest BCUT2D eigenvalue weighted by Crippen LogP contribution is -2.10. The highest BCUT2D eigenvalue weighted by Gasteiger charge is 2.03. The normalized spacial score (nSPS) is 11.3. The van der Waals surface area contributed by atoms with Crippen LogP contribution in [0.1, 0.15) is 12.5 Å². The third kappa shape index (κ3) is 3.06. The molecule has 0 amide bonds. The molecule has 0 spiro atoms. The highest BCUT2D eigenvalue weighted by Crippen LogP contribution is 2.25. The molecule has 2 N–H and O–H groups in total. The molecule has 1 aromatic carbocycles. The molecule has 15 heavy (non-hydrogen) atoms. The fourth-order valence-corrected chi connectivity index (χ4v) is 1.28. The van der Waals surface area contributed by atoms with Crippen molar-refractivity contribution < 1.29 is 9.90 Å². The van der Waals surface area contributed by atoms with Crippen LogP contribution < -0.4 is 5.43 Å². The van der Waals surface area contributed by atoms with E-state index in [-0.39, 0.29) is 5.71 Å². The van der Waals surface area contributed by atoms with Gasteiger partial charge in [0.15, 0.2) is 0 Å². The van der Waals surface area contributed by atoms with E-state index < -0.39 is 5.97 Å². The molecule has 0 aliphatic rings. The van der Waals surface area contributed by atoms with Crippen molar-refractivity contribution >= 4 is 33.3 Å². The predicted molar refractivity (Wildman–Crippen MR) is 63.2 cm³/mol. The smallest absolute Gasteiger partial charge is 0.351 e. The number of carbonyl (C=O) groups is 1. The Labute approximate surface area is 96.1 Å². The molecule has 4 nitrogen and oxygen atoms in total. The second-order valence-corrected chi connectivity index (χ2v) is 3.84. The SMILES string of the molecule is CC(=NNc1cccc(C)c1Br)C(=O)O. The van der Waals surface area contributed by atoms with Crippen LogP contribution in [0.15, 0.2) is 27.8 Å². The minimum absolute atomic E-state index is 0.0170. The Hall–Kier alpha value is -1.36. The van der Waals surface area contributed by atoms with Gasteiger partial charge in [0.2, 0.25) is 0 Å². The number of benzene rings is 1. The topological polar surface area (TPSA) is 61.7 Å². The Morgan fingerprint density at radius 3 is 2.80 bits per heavy atom. The van der Waals surface area contributed by atoms with Gasteiger partial charge in [0.05, 0.1) is 5.69 Å². The van der Waals surface area contributed by atoms with Crippen molar-refractivity contribution in [1.82, 2.24) is 0 Å². The lowest BCUT2D eigenvalue weighted by Gasteiger charge is -2.05. The molecule has 0 bridgehead atoms. The number of aliphatic carboxylic acids is 1. The Kier molecular flexibility index (Phi) is 3.85. The molecule has 0 saturated heterocycles. The van der Waals surface area contributed by atoms with Crippen LogP contribution in [0.2, 0.25) is 0 Å². The quantitative estimate of drug-likeness (QED) is 0.656. The largest absolute Gasteiger partial charge is 0.477 e. The molecule has 0 atom stereocenters. The van der Waals surface area contributed by atoms with Gasteiger partial charge in [-0.1, -0.05) is 12.1 Å². The van der Waals surface area contributed by atoms with Gasteiger partial charge in [-0.25, -0.2) is 4.79 Å². The number of anilines is 1. The standard InChI is InChI=1S/C10H11BrN2O2/c1-6-4-3-5-8(9(6)11)13-12-7(2)10(14)15/h3-5,13H,1-2H3,(H,14,15). The van der Waals surface area contributed by atoms with Crippen molar-refractivity contribution in [2.75, 3.05) is 5.43 Å². The Morgan fingerprint density at radius 2 is 2.20 bits per heavy atom. The molecule has 80 valence electrons. The maximum Gasteiger partial charge on any atom is 0.351 e. The van der Waals surface area contributed by atoms with Crippen LogP contribution in [-0.4, -0.2) is 16.8 Å². The van der Waals surface area contributed by atoms with Crippen molar-refractivity contribution in [3.63, 3.8) is 0 Å². The van der Waals surface area contributed by atoms with Gasteiger partial charge >= 0.3 is 5.97 Å². The zero-order valence-corrected chi connectivity index (χ0v) is 10.00. The third-order valence-electron chi connectivity index (χ3n) is 1.85. The number of carboxylic acid groups (broad SMARTS) is 1. The number of rotatable bonds is 3. The molecule has 0 fully saturated rings.